The van der Waals surface area contributed by atoms with Crippen LogP contribution in [0.4, 0.5) is 0 Å². The molecule has 0 rings (SSSR count). The Labute approximate surface area is 107 Å². The van der Waals surface area contributed by atoms with E-state index < -0.39 is 0 Å². The van der Waals surface area contributed by atoms with Crippen molar-refractivity contribution in [2.75, 3.05) is 13.7 Å². The van der Waals surface area contributed by atoms with E-state index in [0.717, 1.165) is 19.3 Å². The highest BCUT2D eigenvalue weighted by molar-refractivity contribution is 6.24. The van der Waals surface area contributed by atoms with Crippen LogP contribution in [0.1, 0.15) is 47.0 Å². The predicted octanol–water partition coefficient (Wildman–Crippen LogP) is 1.78. The first-order valence-corrected chi connectivity index (χ1v) is 6.71. The Kier molecular flexibility index (Phi) is 7.52. The van der Waals surface area contributed by atoms with Gasteiger partial charge in [-0.2, -0.15) is 0 Å². The van der Waals surface area contributed by atoms with Gasteiger partial charge in [-0.3, -0.25) is 4.79 Å². The van der Waals surface area contributed by atoms with E-state index in [1.54, 1.807) is 7.11 Å². The van der Waals surface area contributed by atoms with Crippen molar-refractivity contribution in [3.63, 3.8) is 0 Å². The zero-order valence-corrected chi connectivity index (χ0v) is 12.3. The highest BCUT2D eigenvalue weighted by Crippen LogP contribution is 2.21. The van der Waals surface area contributed by atoms with E-state index in [1.807, 2.05) is 7.85 Å². The molecule has 3 nitrogen and oxygen atoms in total. The number of carbonyl (C=O) groups is 1. The number of amides is 1. The van der Waals surface area contributed by atoms with Crippen molar-refractivity contribution in [3.05, 3.63) is 0 Å². The second-order valence-corrected chi connectivity index (χ2v) is 5.32. The molecule has 0 fully saturated rings. The van der Waals surface area contributed by atoms with Crippen LogP contribution in [0.3, 0.4) is 0 Å². The molecule has 0 bridgehead atoms. The summed E-state index contributed by atoms with van der Waals surface area (Å²) in [4.78, 5) is 12.1. The molecule has 0 aliphatic rings. The summed E-state index contributed by atoms with van der Waals surface area (Å²) in [5.41, 5.74) is -0.144. The second kappa shape index (κ2) is 7.75. The number of rotatable bonds is 8. The normalized spacial score (nSPS) is 18.2. The van der Waals surface area contributed by atoms with Gasteiger partial charge < -0.3 is 10.1 Å². The fourth-order valence-electron chi connectivity index (χ4n) is 1.68. The molecule has 3 unspecified atom stereocenters. The molecule has 0 saturated heterocycles. The lowest BCUT2D eigenvalue weighted by molar-refractivity contribution is -0.123. The molecule has 0 heterocycles. The Bertz CT molecular complexity index is 235. The lowest BCUT2D eigenvalue weighted by Gasteiger charge is -2.32. The number of methoxy groups -OCH3 is 1. The third kappa shape index (κ3) is 5.58. The fourth-order valence-corrected chi connectivity index (χ4v) is 1.68. The van der Waals surface area contributed by atoms with Gasteiger partial charge in [0.1, 0.15) is 7.85 Å². The standard InChI is InChI=1S/C13H28BNO2/c1-6-10(3)11(14)12(16)15-13(4,7-2)8-9-17-5/h10-11H,6-9,14H2,1-5H3,(H,15,16). The zero-order chi connectivity index (χ0) is 13.5. The van der Waals surface area contributed by atoms with Crippen molar-refractivity contribution in [2.24, 2.45) is 5.92 Å². The maximum Gasteiger partial charge on any atom is 0.215 e. The first-order valence-electron chi connectivity index (χ1n) is 6.71. The molecule has 0 radical (unpaired) electrons. The summed E-state index contributed by atoms with van der Waals surface area (Å²) in [6.07, 6.45) is 2.82. The first kappa shape index (κ1) is 16.5. The van der Waals surface area contributed by atoms with Gasteiger partial charge in [-0.15, -0.1) is 0 Å². The highest BCUT2D eigenvalue weighted by atomic mass is 16.5. The van der Waals surface area contributed by atoms with Gasteiger partial charge in [-0.1, -0.05) is 27.2 Å². The van der Waals surface area contributed by atoms with Crippen LogP contribution in [0.25, 0.3) is 0 Å². The fraction of sp³-hybridized carbons (Fsp3) is 0.923. The van der Waals surface area contributed by atoms with Crippen LogP contribution in [0.15, 0.2) is 0 Å². The van der Waals surface area contributed by atoms with E-state index in [-0.39, 0.29) is 17.3 Å². The lowest BCUT2D eigenvalue weighted by atomic mass is 9.75. The number of hydrogen-bond donors (Lipinski definition) is 1. The summed E-state index contributed by atoms with van der Waals surface area (Å²) in [6, 6.07) is 0. The lowest BCUT2D eigenvalue weighted by Crippen LogP contribution is -2.48. The molecular weight excluding hydrogens is 213 g/mol. The molecule has 17 heavy (non-hydrogen) atoms. The molecule has 0 saturated carbocycles. The minimum Gasteiger partial charge on any atom is -0.385 e. The zero-order valence-electron chi connectivity index (χ0n) is 12.3. The molecular formula is C13H28BNO2. The summed E-state index contributed by atoms with van der Waals surface area (Å²) in [5, 5.41) is 3.17. The minimum absolute atomic E-state index is 0.0772. The Balaban J connectivity index is 4.40. The average molecular weight is 241 g/mol. The van der Waals surface area contributed by atoms with E-state index in [9.17, 15) is 4.79 Å². The summed E-state index contributed by atoms with van der Waals surface area (Å²) >= 11 is 0. The molecule has 0 aromatic rings. The Morgan fingerprint density at radius 2 is 2.06 bits per heavy atom. The van der Waals surface area contributed by atoms with E-state index in [2.05, 4.69) is 33.0 Å². The van der Waals surface area contributed by atoms with Crippen LogP contribution >= 0.6 is 0 Å². The van der Waals surface area contributed by atoms with E-state index in [4.69, 9.17) is 4.74 Å². The minimum atomic E-state index is -0.144. The number of carbonyl (C=O) groups excluding carboxylic acids is 1. The molecule has 1 N–H and O–H groups in total. The molecule has 0 spiro atoms. The molecule has 0 aromatic heterocycles. The van der Waals surface area contributed by atoms with Crippen LogP contribution in [-0.2, 0) is 9.53 Å². The maximum absolute atomic E-state index is 12.1. The monoisotopic (exact) mass is 241 g/mol. The molecule has 0 aliphatic carbocycles. The summed E-state index contributed by atoms with van der Waals surface area (Å²) in [6.45, 7) is 9.13. The van der Waals surface area contributed by atoms with Gasteiger partial charge in [-0.25, -0.2) is 0 Å². The summed E-state index contributed by atoms with van der Waals surface area (Å²) in [7, 11) is 3.70. The van der Waals surface area contributed by atoms with Crippen molar-refractivity contribution in [2.45, 2.75) is 58.3 Å². The van der Waals surface area contributed by atoms with Crippen molar-refractivity contribution in [3.8, 4) is 0 Å². The Hall–Kier alpha value is -0.505. The van der Waals surface area contributed by atoms with Gasteiger partial charge in [0.15, 0.2) is 0 Å². The molecule has 0 aromatic carbocycles. The molecule has 1 amide bonds. The van der Waals surface area contributed by atoms with Crippen LogP contribution in [0, 0.1) is 5.92 Å². The molecule has 100 valence electrons. The van der Waals surface area contributed by atoms with Crippen LogP contribution in [0.2, 0.25) is 5.82 Å². The van der Waals surface area contributed by atoms with E-state index >= 15 is 0 Å². The number of hydrogen-bond acceptors (Lipinski definition) is 2. The Morgan fingerprint density at radius 3 is 2.47 bits per heavy atom. The predicted molar refractivity (Wildman–Crippen MR) is 75.1 cm³/mol. The molecule has 3 atom stereocenters. The van der Waals surface area contributed by atoms with E-state index in [1.165, 1.54) is 0 Å². The first-order chi connectivity index (χ1) is 7.90. The smallest absolute Gasteiger partial charge is 0.215 e. The van der Waals surface area contributed by atoms with Gasteiger partial charge in [0, 0.05) is 25.1 Å². The van der Waals surface area contributed by atoms with Gasteiger partial charge in [-0.05, 0) is 25.7 Å². The van der Waals surface area contributed by atoms with Crippen molar-refractivity contribution in [1.82, 2.24) is 5.32 Å². The van der Waals surface area contributed by atoms with Gasteiger partial charge in [0.2, 0.25) is 5.91 Å². The molecule has 0 aliphatic heterocycles. The second-order valence-electron chi connectivity index (χ2n) is 5.32. The summed E-state index contributed by atoms with van der Waals surface area (Å²) < 4.78 is 5.10. The third-order valence-corrected chi connectivity index (χ3v) is 3.97. The molecule has 4 heteroatoms. The van der Waals surface area contributed by atoms with Gasteiger partial charge >= 0.3 is 0 Å². The highest BCUT2D eigenvalue weighted by Gasteiger charge is 2.27. The summed E-state index contributed by atoms with van der Waals surface area (Å²) in [5.74, 6) is 0.673. The van der Waals surface area contributed by atoms with Crippen LogP contribution in [-0.4, -0.2) is 33.0 Å². The van der Waals surface area contributed by atoms with Crippen LogP contribution < -0.4 is 5.32 Å². The van der Waals surface area contributed by atoms with Gasteiger partial charge in [0.05, 0.1) is 0 Å². The van der Waals surface area contributed by atoms with E-state index in [0.29, 0.717) is 12.5 Å². The van der Waals surface area contributed by atoms with Crippen LogP contribution in [0.5, 0.6) is 0 Å². The average Bonchev–Trinajstić information content (AvgIpc) is 2.34. The van der Waals surface area contributed by atoms with Crippen molar-refractivity contribution >= 4 is 13.8 Å². The van der Waals surface area contributed by atoms with Crippen molar-refractivity contribution in [1.29, 1.82) is 0 Å². The topological polar surface area (TPSA) is 38.3 Å². The van der Waals surface area contributed by atoms with Crippen molar-refractivity contribution < 1.29 is 9.53 Å². The maximum atomic E-state index is 12.1. The SMILES string of the molecule is BC(C(=O)NC(C)(CC)CCOC)C(C)CC. The third-order valence-electron chi connectivity index (χ3n) is 3.97. The number of ether oxygens (including phenoxy) is 1. The van der Waals surface area contributed by atoms with Gasteiger partial charge in [0.25, 0.3) is 0 Å². The quantitative estimate of drug-likeness (QED) is 0.658. The Morgan fingerprint density at radius 1 is 1.47 bits per heavy atom. The number of nitrogens with one attached hydrogen (secondary N) is 1. The largest absolute Gasteiger partial charge is 0.385 e.